The number of nitrogens with two attached hydrogens (primary N) is 1. The minimum atomic E-state index is 0.0324. The van der Waals surface area contributed by atoms with Crippen LogP contribution in [0.15, 0.2) is 36.5 Å². The second-order valence-electron chi connectivity index (χ2n) is 4.96. The zero-order valence-corrected chi connectivity index (χ0v) is 10.4. The molecule has 18 heavy (non-hydrogen) atoms. The number of rotatable bonds is 3. The lowest BCUT2D eigenvalue weighted by atomic mass is 9.97. The summed E-state index contributed by atoms with van der Waals surface area (Å²) in [5.41, 5.74) is 8.16. The lowest BCUT2D eigenvalue weighted by Gasteiger charge is -2.15. The molecule has 1 unspecified atom stereocenters. The fourth-order valence-corrected chi connectivity index (χ4v) is 2.67. The highest BCUT2D eigenvalue weighted by Crippen LogP contribution is 2.33. The maximum absolute atomic E-state index is 6.28. The summed E-state index contributed by atoms with van der Waals surface area (Å²) in [6.45, 7) is 0. The van der Waals surface area contributed by atoms with Crippen LogP contribution in [0, 0.1) is 5.92 Å². The molecule has 4 nitrogen and oxygen atoms in total. The third kappa shape index (κ3) is 2.16. The van der Waals surface area contributed by atoms with E-state index >= 15 is 0 Å². The van der Waals surface area contributed by atoms with Crippen LogP contribution in [-0.4, -0.2) is 15.0 Å². The molecule has 0 aliphatic heterocycles. The van der Waals surface area contributed by atoms with Gasteiger partial charge in [-0.25, -0.2) is 0 Å². The molecule has 0 saturated heterocycles. The Morgan fingerprint density at radius 3 is 2.61 bits per heavy atom. The van der Waals surface area contributed by atoms with Crippen molar-refractivity contribution in [2.75, 3.05) is 0 Å². The van der Waals surface area contributed by atoms with Gasteiger partial charge in [0.05, 0.1) is 17.9 Å². The van der Waals surface area contributed by atoms with E-state index in [1.807, 2.05) is 30.3 Å². The van der Waals surface area contributed by atoms with Gasteiger partial charge in [-0.1, -0.05) is 31.0 Å². The Bertz CT molecular complexity index is 500. The molecule has 1 atom stereocenters. The van der Waals surface area contributed by atoms with Gasteiger partial charge >= 0.3 is 0 Å². The highest BCUT2D eigenvalue weighted by Gasteiger charge is 2.25. The first-order valence-corrected chi connectivity index (χ1v) is 6.58. The van der Waals surface area contributed by atoms with Crippen LogP contribution in [0.1, 0.15) is 37.4 Å². The molecule has 0 spiro atoms. The largest absolute Gasteiger partial charge is 0.322 e. The van der Waals surface area contributed by atoms with Crippen LogP contribution in [0.3, 0.4) is 0 Å². The summed E-state index contributed by atoms with van der Waals surface area (Å²) in [5.74, 6) is 0.575. The fourth-order valence-electron chi connectivity index (χ4n) is 2.67. The number of aromatic nitrogens is 3. The lowest BCUT2D eigenvalue weighted by molar-refractivity contribution is 0.435. The summed E-state index contributed by atoms with van der Waals surface area (Å²) in [7, 11) is 0. The van der Waals surface area contributed by atoms with Crippen LogP contribution < -0.4 is 5.73 Å². The molecular formula is C14H18N4. The molecule has 0 radical (unpaired) electrons. The van der Waals surface area contributed by atoms with Crippen molar-refractivity contribution in [2.45, 2.75) is 31.7 Å². The summed E-state index contributed by atoms with van der Waals surface area (Å²) < 4.78 is 0. The Balaban J connectivity index is 1.81. The molecule has 1 aromatic heterocycles. The summed E-state index contributed by atoms with van der Waals surface area (Å²) in [6, 6.07) is 9.96. The summed E-state index contributed by atoms with van der Waals surface area (Å²) >= 11 is 0. The first-order valence-electron chi connectivity index (χ1n) is 6.58. The van der Waals surface area contributed by atoms with Crippen LogP contribution in [0.25, 0.3) is 5.69 Å². The molecular weight excluding hydrogens is 224 g/mol. The van der Waals surface area contributed by atoms with E-state index in [-0.39, 0.29) is 6.04 Å². The van der Waals surface area contributed by atoms with Crippen molar-refractivity contribution in [3.05, 3.63) is 42.2 Å². The molecule has 0 amide bonds. The molecule has 94 valence electrons. The minimum Gasteiger partial charge on any atom is -0.322 e. The Kier molecular flexibility index (Phi) is 3.11. The number of para-hydroxylation sites is 1. The van der Waals surface area contributed by atoms with Crippen LogP contribution in [0.4, 0.5) is 0 Å². The minimum absolute atomic E-state index is 0.0324. The molecule has 2 N–H and O–H groups in total. The maximum Gasteiger partial charge on any atom is 0.100 e. The Hall–Kier alpha value is -1.68. The highest BCUT2D eigenvalue weighted by molar-refractivity contribution is 5.28. The van der Waals surface area contributed by atoms with E-state index in [9.17, 15) is 0 Å². The van der Waals surface area contributed by atoms with Gasteiger partial charge in [0, 0.05) is 0 Å². The summed E-state index contributed by atoms with van der Waals surface area (Å²) in [6.07, 6.45) is 6.84. The van der Waals surface area contributed by atoms with E-state index in [4.69, 9.17) is 5.73 Å². The Labute approximate surface area is 107 Å². The monoisotopic (exact) mass is 242 g/mol. The molecule has 2 aromatic rings. The average molecular weight is 242 g/mol. The number of hydrogen-bond acceptors (Lipinski definition) is 3. The Morgan fingerprint density at radius 1 is 1.17 bits per heavy atom. The molecule has 1 fully saturated rings. The standard InChI is InChI=1S/C14H18N4/c15-14(11-6-4-5-7-11)13-10-16-18(17-13)12-8-2-1-3-9-12/h1-3,8-11,14H,4-7,15H2. The normalized spacial score (nSPS) is 18.1. The van der Waals surface area contributed by atoms with E-state index in [1.165, 1.54) is 25.7 Å². The molecule has 1 heterocycles. The van der Waals surface area contributed by atoms with E-state index in [1.54, 1.807) is 11.0 Å². The molecule has 0 bridgehead atoms. The second kappa shape index (κ2) is 4.90. The number of nitrogens with zero attached hydrogens (tertiary/aromatic N) is 3. The van der Waals surface area contributed by atoms with Crippen molar-refractivity contribution in [2.24, 2.45) is 11.7 Å². The van der Waals surface area contributed by atoms with Gasteiger partial charge in [0.25, 0.3) is 0 Å². The third-order valence-electron chi connectivity index (χ3n) is 3.75. The summed E-state index contributed by atoms with van der Waals surface area (Å²) in [5, 5.41) is 8.81. The fraction of sp³-hybridized carbons (Fsp3) is 0.429. The van der Waals surface area contributed by atoms with Crippen molar-refractivity contribution >= 4 is 0 Å². The zero-order valence-electron chi connectivity index (χ0n) is 10.4. The SMILES string of the molecule is NC(c1cnn(-c2ccccc2)n1)C1CCCC1. The smallest absolute Gasteiger partial charge is 0.100 e. The molecule has 4 heteroatoms. The Morgan fingerprint density at radius 2 is 1.89 bits per heavy atom. The molecule has 1 saturated carbocycles. The number of hydrogen-bond donors (Lipinski definition) is 1. The predicted molar refractivity (Wildman–Crippen MR) is 70.2 cm³/mol. The quantitative estimate of drug-likeness (QED) is 0.899. The van der Waals surface area contributed by atoms with E-state index in [0.717, 1.165) is 11.4 Å². The highest BCUT2D eigenvalue weighted by atomic mass is 15.5. The summed E-state index contributed by atoms with van der Waals surface area (Å²) in [4.78, 5) is 1.66. The van der Waals surface area contributed by atoms with E-state index < -0.39 is 0 Å². The average Bonchev–Trinajstić information content (AvgIpc) is 3.10. The van der Waals surface area contributed by atoms with Crippen LogP contribution in [-0.2, 0) is 0 Å². The van der Waals surface area contributed by atoms with E-state index in [0.29, 0.717) is 5.92 Å². The van der Waals surface area contributed by atoms with Crippen molar-refractivity contribution in [1.82, 2.24) is 15.0 Å². The molecule has 1 aliphatic carbocycles. The second-order valence-corrected chi connectivity index (χ2v) is 4.96. The van der Waals surface area contributed by atoms with Gasteiger partial charge in [-0.05, 0) is 30.9 Å². The molecule has 1 aromatic carbocycles. The predicted octanol–water partition coefficient (Wildman–Crippen LogP) is 2.46. The number of benzene rings is 1. The van der Waals surface area contributed by atoms with Crippen molar-refractivity contribution < 1.29 is 0 Å². The van der Waals surface area contributed by atoms with Gasteiger partial charge in [-0.3, -0.25) is 0 Å². The maximum atomic E-state index is 6.28. The molecule has 3 rings (SSSR count). The van der Waals surface area contributed by atoms with Gasteiger partial charge in [0.2, 0.25) is 0 Å². The topological polar surface area (TPSA) is 56.7 Å². The third-order valence-corrected chi connectivity index (χ3v) is 3.75. The van der Waals surface area contributed by atoms with Crippen molar-refractivity contribution in [1.29, 1.82) is 0 Å². The van der Waals surface area contributed by atoms with Crippen molar-refractivity contribution in [3.8, 4) is 5.69 Å². The van der Waals surface area contributed by atoms with Crippen molar-refractivity contribution in [3.63, 3.8) is 0 Å². The van der Waals surface area contributed by atoms with Gasteiger partial charge in [-0.15, -0.1) is 0 Å². The molecule has 1 aliphatic rings. The van der Waals surface area contributed by atoms with Gasteiger partial charge in [0.15, 0.2) is 0 Å². The van der Waals surface area contributed by atoms with Crippen LogP contribution in [0.5, 0.6) is 0 Å². The van der Waals surface area contributed by atoms with Gasteiger partial charge in [0.1, 0.15) is 5.69 Å². The lowest BCUT2D eigenvalue weighted by Crippen LogP contribution is -2.19. The van der Waals surface area contributed by atoms with Gasteiger partial charge < -0.3 is 5.73 Å². The van der Waals surface area contributed by atoms with Crippen LogP contribution in [0.2, 0.25) is 0 Å². The van der Waals surface area contributed by atoms with E-state index in [2.05, 4.69) is 10.2 Å². The first kappa shape index (κ1) is 11.4. The van der Waals surface area contributed by atoms with Gasteiger partial charge in [-0.2, -0.15) is 15.0 Å². The first-order chi connectivity index (χ1) is 8.84. The zero-order chi connectivity index (χ0) is 12.4. The van der Waals surface area contributed by atoms with Crippen LogP contribution >= 0.6 is 0 Å².